The third-order valence-corrected chi connectivity index (χ3v) is 2.35. The summed E-state index contributed by atoms with van der Waals surface area (Å²) in [5.41, 5.74) is 1.04. The van der Waals surface area contributed by atoms with Crippen molar-refractivity contribution in [2.45, 2.75) is 0 Å². The van der Waals surface area contributed by atoms with Gasteiger partial charge in [0.1, 0.15) is 11.0 Å². The molecule has 0 saturated heterocycles. The lowest BCUT2D eigenvalue weighted by Crippen LogP contribution is -1.88. The fourth-order valence-corrected chi connectivity index (χ4v) is 1.36. The Labute approximate surface area is 88.7 Å². The molecule has 13 heavy (non-hydrogen) atoms. The van der Waals surface area contributed by atoms with Gasteiger partial charge in [0, 0.05) is 6.20 Å². The highest BCUT2D eigenvalue weighted by Crippen LogP contribution is 2.24. The highest BCUT2D eigenvalue weighted by molar-refractivity contribution is 6.41. The zero-order valence-corrected chi connectivity index (χ0v) is 8.40. The molecular weight excluding hydrogens is 232 g/mol. The number of pyridine rings is 1. The van der Waals surface area contributed by atoms with E-state index in [1.165, 1.54) is 12.4 Å². The fraction of sp³-hybridized carbons (Fsp3) is 0. The van der Waals surface area contributed by atoms with Gasteiger partial charge in [-0.25, -0.2) is 9.97 Å². The second kappa shape index (κ2) is 3.25. The predicted octanol–water partition coefficient (Wildman–Crippen LogP) is 2.99. The first-order valence-electron chi connectivity index (χ1n) is 3.31. The third-order valence-electron chi connectivity index (χ3n) is 1.45. The largest absolute Gasteiger partial charge is 0.261 e. The van der Waals surface area contributed by atoms with E-state index in [0.29, 0.717) is 16.1 Å². The first kappa shape index (κ1) is 8.94. The summed E-state index contributed by atoms with van der Waals surface area (Å²) in [7, 11) is 0. The topological polar surface area (TPSA) is 38.7 Å². The molecule has 0 atom stereocenters. The normalized spacial score (nSPS) is 10.7. The molecule has 0 radical (unpaired) electrons. The van der Waals surface area contributed by atoms with Gasteiger partial charge in [-0.3, -0.25) is 4.98 Å². The van der Waals surface area contributed by atoms with Gasteiger partial charge in [-0.1, -0.05) is 34.8 Å². The number of nitrogens with zero attached hydrogens (tertiary/aromatic N) is 3. The number of halogens is 3. The van der Waals surface area contributed by atoms with Gasteiger partial charge in [0.15, 0.2) is 10.3 Å². The van der Waals surface area contributed by atoms with Gasteiger partial charge in [0.2, 0.25) is 0 Å². The summed E-state index contributed by atoms with van der Waals surface area (Å²) < 4.78 is 0. The van der Waals surface area contributed by atoms with Crippen LogP contribution in [-0.2, 0) is 0 Å². The van der Waals surface area contributed by atoms with Gasteiger partial charge >= 0.3 is 0 Å². The average molecular weight is 234 g/mol. The molecule has 0 aliphatic rings. The summed E-state index contributed by atoms with van der Waals surface area (Å²) in [6, 6.07) is 0. The lowest BCUT2D eigenvalue weighted by atomic mass is 10.4. The highest BCUT2D eigenvalue weighted by atomic mass is 35.5. The molecular formula is C7H2Cl3N3. The molecule has 2 heterocycles. The minimum absolute atomic E-state index is 0.141. The Balaban J connectivity index is 2.89. The van der Waals surface area contributed by atoms with Crippen LogP contribution in [0.5, 0.6) is 0 Å². The van der Waals surface area contributed by atoms with Crippen LogP contribution in [0.2, 0.25) is 15.3 Å². The number of aromatic nitrogens is 3. The van der Waals surface area contributed by atoms with Crippen molar-refractivity contribution in [3.8, 4) is 0 Å². The maximum atomic E-state index is 5.81. The van der Waals surface area contributed by atoms with Crippen LogP contribution in [-0.4, -0.2) is 15.0 Å². The van der Waals surface area contributed by atoms with Crippen LogP contribution in [0.25, 0.3) is 11.0 Å². The van der Waals surface area contributed by atoms with Crippen LogP contribution >= 0.6 is 34.8 Å². The van der Waals surface area contributed by atoms with Crippen molar-refractivity contribution >= 4 is 45.8 Å². The van der Waals surface area contributed by atoms with Gasteiger partial charge in [-0.05, 0) is 0 Å². The van der Waals surface area contributed by atoms with Gasteiger partial charge in [-0.15, -0.1) is 0 Å². The van der Waals surface area contributed by atoms with Crippen molar-refractivity contribution < 1.29 is 0 Å². The molecule has 0 saturated carbocycles. The molecule has 2 aromatic heterocycles. The first-order valence-corrected chi connectivity index (χ1v) is 4.44. The van der Waals surface area contributed by atoms with Crippen LogP contribution in [0.3, 0.4) is 0 Å². The van der Waals surface area contributed by atoms with Crippen LogP contribution < -0.4 is 0 Å². The lowest BCUT2D eigenvalue weighted by Gasteiger charge is -1.99. The summed E-state index contributed by atoms with van der Waals surface area (Å²) in [5.74, 6) is 0. The quantitative estimate of drug-likeness (QED) is 0.703. The standard InChI is InChI=1S/C7H2Cl3N3/c8-3-1-11-2-4-5(3)13-7(10)6(9)12-4/h1-2H. The van der Waals surface area contributed by atoms with E-state index in [1.807, 2.05) is 0 Å². The smallest absolute Gasteiger partial charge is 0.167 e. The SMILES string of the molecule is Clc1nc2cncc(Cl)c2nc1Cl. The van der Waals surface area contributed by atoms with Crippen molar-refractivity contribution in [1.82, 2.24) is 15.0 Å². The summed E-state index contributed by atoms with van der Waals surface area (Å²) >= 11 is 17.2. The molecule has 0 spiro atoms. The van der Waals surface area contributed by atoms with E-state index in [1.54, 1.807) is 0 Å². The van der Waals surface area contributed by atoms with Crippen molar-refractivity contribution in [2.24, 2.45) is 0 Å². The number of rotatable bonds is 0. The Morgan fingerprint density at radius 3 is 2.38 bits per heavy atom. The van der Waals surface area contributed by atoms with Gasteiger partial charge < -0.3 is 0 Å². The predicted molar refractivity (Wildman–Crippen MR) is 52.4 cm³/mol. The van der Waals surface area contributed by atoms with Crippen LogP contribution in [0.4, 0.5) is 0 Å². The Bertz CT molecular complexity index is 472. The highest BCUT2D eigenvalue weighted by Gasteiger charge is 2.06. The molecule has 0 amide bonds. The van der Waals surface area contributed by atoms with Crippen molar-refractivity contribution in [3.05, 3.63) is 27.7 Å². The van der Waals surface area contributed by atoms with Crippen molar-refractivity contribution in [1.29, 1.82) is 0 Å². The van der Waals surface area contributed by atoms with E-state index in [-0.39, 0.29) is 10.3 Å². The molecule has 0 bridgehead atoms. The Kier molecular flexibility index (Phi) is 2.24. The maximum absolute atomic E-state index is 5.81. The Morgan fingerprint density at radius 2 is 1.62 bits per heavy atom. The molecule has 0 aliphatic heterocycles. The van der Waals surface area contributed by atoms with Crippen molar-refractivity contribution in [2.75, 3.05) is 0 Å². The van der Waals surface area contributed by atoms with Crippen LogP contribution in [0, 0.1) is 0 Å². The van der Waals surface area contributed by atoms with E-state index in [2.05, 4.69) is 15.0 Å². The molecule has 66 valence electrons. The monoisotopic (exact) mass is 233 g/mol. The molecule has 3 nitrogen and oxygen atoms in total. The third kappa shape index (κ3) is 1.55. The van der Waals surface area contributed by atoms with Gasteiger partial charge in [0.05, 0.1) is 11.2 Å². The van der Waals surface area contributed by atoms with E-state index in [0.717, 1.165) is 0 Å². The summed E-state index contributed by atoms with van der Waals surface area (Å²) in [6.07, 6.45) is 3.00. The zero-order valence-electron chi connectivity index (χ0n) is 6.13. The molecule has 2 rings (SSSR count). The van der Waals surface area contributed by atoms with Crippen LogP contribution in [0.15, 0.2) is 12.4 Å². The summed E-state index contributed by atoms with van der Waals surface area (Å²) in [4.78, 5) is 11.8. The summed E-state index contributed by atoms with van der Waals surface area (Å²) in [5, 5.41) is 0.698. The molecule has 0 unspecified atom stereocenters. The molecule has 0 aromatic carbocycles. The molecule has 0 fully saturated rings. The maximum Gasteiger partial charge on any atom is 0.167 e. The Hall–Kier alpha value is -0.640. The molecule has 0 N–H and O–H groups in total. The second-order valence-electron chi connectivity index (χ2n) is 2.29. The van der Waals surface area contributed by atoms with Crippen molar-refractivity contribution in [3.63, 3.8) is 0 Å². The average Bonchev–Trinajstić information content (AvgIpc) is 2.09. The minimum Gasteiger partial charge on any atom is -0.261 e. The van der Waals surface area contributed by atoms with E-state index < -0.39 is 0 Å². The van der Waals surface area contributed by atoms with Gasteiger partial charge in [0.25, 0.3) is 0 Å². The van der Waals surface area contributed by atoms with Gasteiger partial charge in [-0.2, -0.15) is 0 Å². The first-order chi connectivity index (χ1) is 6.18. The van der Waals surface area contributed by atoms with E-state index in [9.17, 15) is 0 Å². The second-order valence-corrected chi connectivity index (χ2v) is 3.42. The number of fused-ring (bicyclic) bond motifs is 1. The number of hydrogen-bond acceptors (Lipinski definition) is 3. The zero-order chi connectivity index (χ0) is 9.42. The molecule has 2 aromatic rings. The minimum atomic E-state index is 0.141. The molecule has 6 heteroatoms. The molecule has 0 aliphatic carbocycles. The summed E-state index contributed by atoms with van der Waals surface area (Å²) in [6.45, 7) is 0. The Morgan fingerprint density at radius 1 is 0.923 bits per heavy atom. The van der Waals surface area contributed by atoms with E-state index >= 15 is 0 Å². The lowest BCUT2D eigenvalue weighted by molar-refractivity contribution is 1.25. The van der Waals surface area contributed by atoms with E-state index in [4.69, 9.17) is 34.8 Å². The fourth-order valence-electron chi connectivity index (χ4n) is 0.907. The van der Waals surface area contributed by atoms with Crippen LogP contribution in [0.1, 0.15) is 0 Å². The number of hydrogen-bond donors (Lipinski definition) is 0.